The van der Waals surface area contributed by atoms with Crippen LogP contribution < -0.4 is 5.48 Å². The lowest BCUT2D eigenvalue weighted by molar-refractivity contribution is -0.129. The van der Waals surface area contributed by atoms with E-state index in [1.165, 1.54) is 0 Å². The lowest BCUT2D eigenvalue weighted by atomic mass is 10.00. The molecule has 0 aliphatic carbocycles. The van der Waals surface area contributed by atoms with Crippen molar-refractivity contribution in [2.24, 2.45) is 0 Å². The van der Waals surface area contributed by atoms with Crippen LogP contribution in [0.5, 0.6) is 0 Å². The third-order valence-corrected chi connectivity index (χ3v) is 3.43. The monoisotopic (exact) mass is 285 g/mol. The number of carbonyl (C=O) groups excluding carboxylic acids is 1. The van der Waals surface area contributed by atoms with Gasteiger partial charge in [0.15, 0.2) is 0 Å². The van der Waals surface area contributed by atoms with E-state index in [1.54, 1.807) is 12.6 Å². The smallest absolute Gasteiger partial charge is 0.243 e. The maximum atomic E-state index is 11.1. The Morgan fingerprint density at radius 3 is 2.29 bits per heavy atom. The van der Waals surface area contributed by atoms with Gasteiger partial charge in [0, 0.05) is 13.5 Å². The van der Waals surface area contributed by atoms with Crippen molar-refractivity contribution in [2.75, 3.05) is 7.11 Å². The van der Waals surface area contributed by atoms with Crippen LogP contribution in [0.25, 0.3) is 11.1 Å². The molecule has 2 aromatic rings. The first-order valence-electron chi connectivity index (χ1n) is 6.85. The fourth-order valence-corrected chi connectivity index (χ4v) is 2.26. The van der Waals surface area contributed by atoms with Crippen LogP contribution in [0.4, 0.5) is 0 Å². The highest BCUT2D eigenvalue weighted by molar-refractivity contribution is 5.74. The summed E-state index contributed by atoms with van der Waals surface area (Å²) in [4.78, 5) is 11.1. The third-order valence-electron chi connectivity index (χ3n) is 3.43. The van der Waals surface area contributed by atoms with Crippen molar-refractivity contribution >= 4 is 5.91 Å². The minimum atomic E-state index is -0.405. The number of rotatable bonds is 6. The van der Waals surface area contributed by atoms with Gasteiger partial charge < -0.3 is 4.74 Å². The molecule has 0 aromatic heterocycles. The van der Waals surface area contributed by atoms with Gasteiger partial charge in [0.05, 0.1) is 6.10 Å². The topological polar surface area (TPSA) is 58.6 Å². The van der Waals surface area contributed by atoms with Crippen molar-refractivity contribution in [3.05, 3.63) is 60.2 Å². The number of amides is 1. The summed E-state index contributed by atoms with van der Waals surface area (Å²) in [6.07, 6.45) is 0.579. The molecule has 0 saturated heterocycles. The maximum Gasteiger partial charge on any atom is 0.243 e. The van der Waals surface area contributed by atoms with Gasteiger partial charge in [0.1, 0.15) is 0 Å². The molecule has 21 heavy (non-hydrogen) atoms. The Morgan fingerprint density at radius 1 is 1.10 bits per heavy atom. The Kier molecular flexibility index (Phi) is 5.49. The van der Waals surface area contributed by atoms with E-state index in [4.69, 9.17) is 9.94 Å². The van der Waals surface area contributed by atoms with Crippen molar-refractivity contribution in [3.63, 3.8) is 0 Å². The molecule has 2 N–H and O–H groups in total. The van der Waals surface area contributed by atoms with Gasteiger partial charge >= 0.3 is 0 Å². The van der Waals surface area contributed by atoms with Gasteiger partial charge in [-0.15, -0.1) is 0 Å². The zero-order valence-electron chi connectivity index (χ0n) is 12.0. The molecule has 2 aromatic carbocycles. The fourth-order valence-electron chi connectivity index (χ4n) is 2.26. The largest absolute Gasteiger partial charge is 0.377 e. The van der Waals surface area contributed by atoms with Crippen molar-refractivity contribution in [1.82, 2.24) is 5.48 Å². The van der Waals surface area contributed by atoms with Gasteiger partial charge in [-0.1, -0.05) is 54.6 Å². The Balaban J connectivity index is 2.08. The van der Waals surface area contributed by atoms with E-state index in [0.717, 1.165) is 16.7 Å². The highest BCUT2D eigenvalue weighted by atomic mass is 16.5. The minimum absolute atomic E-state index is 0.160. The summed E-state index contributed by atoms with van der Waals surface area (Å²) >= 11 is 0. The molecule has 1 unspecified atom stereocenters. The molecule has 4 nitrogen and oxygen atoms in total. The summed E-state index contributed by atoms with van der Waals surface area (Å²) in [5, 5.41) is 8.51. The lowest BCUT2D eigenvalue weighted by Crippen LogP contribution is -2.19. The predicted molar refractivity (Wildman–Crippen MR) is 80.8 cm³/mol. The standard InChI is InChI=1S/C17H19NO3/c1-21-16(11-12-17(19)18-20)15-9-7-14(8-10-15)13-5-3-2-4-6-13/h2-10,16,20H,11-12H2,1H3,(H,18,19). The molecule has 1 amide bonds. The van der Waals surface area contributed by atoms with Crippen molar-refractivity contribution in [2.45, 2.75) is 18.9 Å². The van der Waals surface area contributed by atoms with E-state index in [0.29, 0.717) is 6.42 Å². The van der Waals surface area contributed by atoms with Gasteiger partial charge in [0.25, 0.3) is 0 Å². The van der Waals surface area contributed by atoms with Gasteiger partial charge in [-0.3, -0.25) is 10.0 Å². The second-order valence-corrected chi connectivity index (χ2v) is 4.79. The molecule has 0 aliphatic heterocycles. The summed E-state index contributed by atoms with van der Waals surface area (Å²) in [5.41, 5.74) is 4.95. The fraction of sp³-hybridized carbons (Fsp3) is 0.235. The molecular weight excluding hydrogens is 266 g/mol. The molecule has 0 heterocycles. The Morgan fingerprint density at radius 2 is 1.71 bits per heavy atom. The van der Waals surface area contributed by atoms with Gasteiger partial charge in [0.2, 0.25) is 5.91 Å². The molecule has 110 valence electrons. The van der Waals surface area contributed by atoms with E-state index < -0.39 is 5.91 Å². The summed E-state index contributed by atoms with van der Waals surface area (Å²) in [7, 11) is 1.62. The summed E-state index contributed by atoms with van der Waals surface area (Å²) in [6.45, 7) is 0. The Hall–Kier alpha value is -2.17. The van der Waals surface area contributed by atoms with Crippen molar-refractivity contribution < 1.29 is 14.7 Å². The molecule has 2 rings (SSSR count). The summed E-state index contributed by atoms with van der Waals surface area (Å²) in [6, 6.07) is 18.2. The number of ether oxygens (including phenoxy) is 1. The Bertz CT molecular complexity index is 566. The van der Waals surface area contributed by atoms with Crippen LogP contribution in [0.1, 0.15) is 24.5 Å². The van der Waals surface area contributed by atoms with E-state index in [1.807, 2.05) is 42.5 Å². The SMILES string of the molecule is COC(CCC(=O)NO)c1ccc(-c2ccccc2)cc1. The van der Waals surface area contributed by atoms with Gasteiger partial charge in [-0.05, 0) is 23.1 Å². The second kappa shape index (κ2) is 7.57. The molecule has 0 radical (unpaired) electrons. The van der Waals surface area contributed by atoms with Gasteiger partial charge in [-0.25, -0.2) is 5.48 Å². The first-order chi connectivity index (χ1) is 10.2. The van der Waals surface area contributed by atoms with E-state index >= 15 is 0 Å². The second-order valence-electron chi connectivity index (χ2n) is 4.79. The molecule has 0 bridgehead atoms. The summed E-state index contributed by atoms with van der Waals surface area (Å²) < 4.78 is 5.42. The number of benzene rings is 2. The minimum Gasteiger partial charge on any atom is -0.377 e. The quantitative estimate of drug-likeness (QED) is 0.632. The third kappa shape index (κ3) is 4.15. The molecule has 0 saturated carbocycles. The molecule has 0 aliphatic rings. The number of hydroxylamine groups is 1. The van der Waals surface area contributed by atoms with E-state index in [2.05, 4.69) is 12.1 Å². The highest BCUT2D eigenvalue weighted by Crippen LogP contribution is 2.25. The number of hydrogen-bond donors (Lipinski definition) is 2. The normalized spacial score (nSPS) is 11.9. The van der Waals surface area contributed by atoms with Crippen molar-refractivity contribution in [3.8, 4) is 11.1 Å². The lowest BCUT2D eigenvalue weighted by Gasteiger charge is -2.15. The van der Waals surface area contributed by atoms with Crippen LogP contribution >= 0.6 is 0 Å². The average Bonchev–Trinajstić information content (AvgIpc) is 2.56. The number of carbonyl (C=O) groups is 1. The number of hydrogen-bond acceptors (Lipinski definition) is 3. The van der Waals surface area contributed by atoms with E-state index in [9.17, 15) is 4.79 Å². The van der Waals surface area contributed by atoms with Crippen LogP contribution in [0.3, 0.4) is 0 Å². The van der Waals surface area contributed by atoms with E-state index in [-0.39, 0.29) is 12.5 Å². The maximum absolute atomic E-state index is 11.1. The van der Waals surface area contributed by atoms with Crippen LogP contribution in [0.2, 0.25) is 0 Å². The van der Waals surface area contributed by atoms with Gasteiger partial charge in [-0.2, -0.15) is 0 Å². The van der Waals surface area contributed by atoms with Crippen LogP contribution in [0.15, 0.2) is 54.6 Å². The zero-order valence-corrected chi connectivity index (χ0v) is 12.0. The first kappa shape index (κ1) is 15.2. The number of methoxy groups -OCH3 is 1. The molecule has 4 heteroatoms. The van der Waals surface area contributed by atoms with Crippen LogP contribution in [0, 0.1) is 0 Å². The molecule has 0 fully saturated rings. The average molecular weight is 285 g/mol. The molecular formula is C17H19NO3. The predicted octanol–water partition coefficient (Wildman–Crippen LogP) is 3.33. The molecule has 1 atom stereocenters. The Labute approximate surface area is 124 Å². The molecule has 0 spiro atoms. The highest BCUT2D eigenvalue weighted by Gasteiger charge is 2.12. The zero-order chi connectivity index (χ0) is 15.1. The van der Waals surface area contributed by atoms with Crippen LogP contribution in [-0.2, 0) is 9.53 Å². The van der Waals surface area contributed by atoms with Crippen molar-refractivity contribution in [1.29, 1.82) is 0 Å². The summed E-state index contributed by atoms with van der Waals surface area (Å²) in [5.74, 6) is -0.405. The first-order valence-corrected chi connectivity index (χ1v) is 6.85. The number of nitrogens with one attached hydrogen (secondary N) is 1. The van der Waals surface area contributed by atoms with Crippen LogP contribution in [-0.4, -0.2) is 18.2 Å².